The largest absolute Gasteiger partial charge is 0.452 e. The Hall–Kier alpha value is -2.93. The van der Waals surface area contributed by atoms with Crippen LogP contribution in [0.1, 0.15) is 27.9 Å². The highest BCUT2D eigenvalue weighted by Gasteiger charge is 2.23. The molecule has 1 N–H and O–H groups in total. The maximum atomic E-state index is 14.5. The normalized spacial score (nSPS) is 15.6. The number of aryl methyl sites for hydroxylation is 3. The minimum Gasteiger partial charge on any atom is -0.452 e. The van der Waals surface area contributed by atoms with Crippen LogP contribution in [0.4, 0.5) is 4.39 Å². The third-order valence-corrected chi connectivity index (χ3v) is 5.67. The lowest BCUT2D eigenvalue weighted by atomic mass is 10.0. The van der Waals surface area contributed by atoms with Gasteiger partial charge in [-0.25, -0.2) is 4.39 Å². The summed E-state index contributed by atoms with van der Waals surface area (Å²) in [6, 6.07) is 13.2. The van der Waals surface area contributed by atoms with Crippen LogP contribution in [-0.2, 0) is 11.3 Å². The van der Waals surface area contributed by atoms with Crippen LogP contribution in [0.3, 0.4) is 0 Å². The van der Waals surface area contributed by atoms with Crippen molar-refractivity contribution in [2.45, 2.75) is 33.2 Å². The van der Waals surface area contributed by atoms with Crippen LogP contribution in [0.5, 0.6) is 11.5 Å². The quantitative estimate of drug-likeness (QED) is 0.513. The fraction of sp³-hybridized carbons (Fsp3) is 0.250. The van der Waals surface area contributed by atoms with Gasteiger partial charge in [-0.05, 0) is 68.1 Å². The van der Waals surface area contributed by atoms with Crippen LogP contribution in [0, 0.1) is 26.6 Å². The molecule has 31 heavy (non-hydrogen) atoms. The number of benzene rings is 2. The van der Waals surface area contributed by atoms with E-state index in [4.69, 9.17) is 9.57 Å². The third-order valence-electron chi connectivity index (χ3n) is 5.18. The van der Waals surface area contributed by atoms with E-state index in [2.05, 4.69) is 50.4 Å². The van der Waals surface area contributed by atoms with E-state index in [1.165, 1.54) is 11.1 Å². The Kier molecular flexibility index (Phi) is 6.23. The molecule has 0 radical (unpaired) electrons. The number of oxime groups is 1. The van der Waals surface area contributed by atoms with Crippen LogP contribution in [0.2, 0.25) is 0 Å². The molecule has 0 bridgehead atoms. The van der Waals surface area contributed by atoms with Gasteiger partial charge in [0, 0.05) is 10.2 Å². The van der Waals surface area contributed by atoms with Gasteiger partial charge in [-0.1, -0.05) is 39.3 Å². The average molecular weight is 484 g/mol. The van der Waals surface area contributed by atoms with Gasteiger partial charge in [-0.15, -0.1) is 0 Å². The number of aromatic nitrogens is 1. The van der Waals surface area contributed by atoms with E-state index in [9.17, 15) is 4.39 Å². The highest BCUT2D eigenvalue weighted by Crippen LogP contribution is 2.29. The van der Waals surface area contributed by atoms with E-state index in [1.807, 2.05) is 19.1 Å². The highest BCUT2D eigenvalue weighted by atomic mass is 79.9. The van der Waals surface area contributed by atoms with Crippen molar-refractivity contribution in [1.82, 2.24) is 10.3 Å². The molecule has 4 rings (SSSR count). The fourth-order valence-electron chi connectivity index (χ4n) is 3.48. The second-order valence-corrected chi connectivity index (χ2v) is 8.58. The monoisotopic (exact) mass is 483 g/mol. The van der Waals surface area contributed by atoms with Crippen molar-refractivity contribution in [3.8, 4) is 11.5 Å². The third kappa shape index (κ3) is 4.88. The number of nitrogens with zero attached hydrogens (tertiary/aromatic N) is 2. The second kappa shape index (κ2) is 9.06. The summed E-state index contributed by atoms with van der Waals surface area (Å²) in [7, 11) is 0. The van der Waals surface area contributed by atoms with Crippen molar-refractivity contribution < 1.29 is 14.0 Å². The summed E-state index contributed by atoms with van der Waals surface area (Å²) in [5.41, 5.74) is 4.42. The average Bonchev–Trinajstić information content (AvgIpc) is 2.75. The zero-order valence-corrected chi connectivity index (χ0v) is 19.2. The highest BCUT2D eigenvalue weighted by molar-refractivity contribution is 9.10. The second-order valence-electron chi connectivity index (χ2n) is 7.66. The molecule has 1 aliphatic heterocycles. The standard InChI is InChI=1S/C24H23BrFN3O2/c1-14-5-4-6-21(23(14)26)31-22-12-27-16(3)10-20(22)24-28-19(13-30-29-24)11-17-7-8-18(25)9-15(17)2/h4-10,12,19H,11,13H2,1-3H3,(H,28,29). The SMILES string of the molecule is Cc1cc(C2=NOCC(Cc3ccc(Br)cc3C)N2)c(Oc2cccc(C)c2F)cn1. The lowest BCUT2D eigenvalue weighted by molar-refractivity contribution is 0.109. The van der Waals surface area contributed by atoms with Crippen molar-refractivity contribution in [3.05, 3.63) is 86.9 Å². The Morgan fingerprint density at radius 3 is 2.77 bits per heavy atom. The van der Waals surface area contributed by atoms with Gasteiger partial charge in [0.15, 0.2) is 23.2 Å². The van der Waals surface area contributed by atoms with E-state index >= 15 is 0 Å². The number of hydrogen-bond donors (Lipinski definition) is 1. The van der Waals surface area contributed by atoms with E-state index in [0.717, 1.165) is 16.6 Å². The van der Waals surface area contributed by atoms with Crippen molar-refractivity contribution >= 4 is 21.8 Å². The van der Waals surface area contributed by atoms with Gasteiger partial charge in [-0.3, -0.25) is 4.98 Å². The molecule has 1 unspecified atom stereocenters. The number of pyridine rings is 1. The molecule has 0 saturated carbocycles. The molecule has 1 aromatic heterocycles. The van der Waals surface area contributed by atoms with Crippen molar-refractivity contribution in [2.75, 3.05) is 6.61 Å². The number of nitrogens with one attached hydrogen (secondary N) is 1. The molecule has 1 aliphatic rings. The van der Waals surface area contributed by atoms with Gasteiger partial charge >= 0.3 is 0 Å². The summed E-state index contributed by atoms with van der Waals surface area (Å²) in [5.74, 6) is 0.698. The zero-order chi connectivity index (χ0) is 22.0. The van der Waals surface area contributed by atoms with E-state index < -0.39 is 5.82 Å². The molecule has 0 saturated heterocycles. The molecule has 2 heterocycles. The minimum absolute atomic E-state index is 0.0319. The molecule has 0 spiro atoms. The molecular weight excluding hydrogens is 461 g/mol. The topological polar surface area (TPSA) is 55.7 Å². The van der Waals surface area contributed by atoms with Gasteiger partial charge in [0.2, 0.25) is 0 Å². The Labute approximate surface area is 189 Å². The molecule has 7 heteroatoms. The summed E-state index contributed by atoms with van der Waals surface area (Å²) < 4.78 is 21.4. The first-order valence-electron chi connectivity index (χ1n) is 10.0. The Bertz CT molecular complexity index is 1150. The van der Waals surface area contributed by atoms with Crippen LogP contribution in [-0.4, -0.2) is 23.5 Å². The smallest absolute Gasteiger partial charge is 0.177 e. The first-order chi connectivity index (χ1) is 14.9. The summed E-state index contributed by atoms with van der Waals surface area (Å²) in [6.07, 6.45) is 2.37. The molecule has 0 aliphatic carbocycles. The van der Waals surface area contributed by atoms with Gasteiger partial charge in [-0.2, -0.15) is 0 Å². The van der Waals surface area contributed by atoms with Gasteiger partial charge in [0.25, 0.3) is 0 Å². The zero-order valence-electron chi connectivity index (χ0n) is 17.6. The minimum atomic E-state index is -0.396. The first kappa shape index (κ1) is 21.3. The van der Waals surface area contributed by atoms with Crippen LogP contribution in [0.15, 0.2) is 58.3 Å². The van der Waals surface area contributed by atoms with Crippen molar-refractivity contribution in [1.29, 1.82) is 0 Å². The summed E-state index contributed by atoms with van der Waals surface area (Å²) in [5, 5.41) is 7.66. The number of ether oxygens (including phenoxy) is 1. The van der Waals surface area contributed by atoms with Crippen molar-refractivity contribution in [3.63, 3.8) is 0 Å². The summed E-state index contributed by atoms with van der Waals surface area (Å²) in [4.78, 5) is 9.85. The molecular formula is C24H23BrFN3O2. The number of rotatable bonds is 5. The first-order valence-corrected chi connectivity index (χ1v) is 10.8. The van der Waals surface area contributed by atoms with E-state index in [-0.39, 0.29) is 11.8 Å². The van der Waals surface area contributed by atoms with E-state index in [0.29, 0.717) is 29.3 Å². The number of amidine groups is 1. The van der Waals surface area contributed by atoms with E-state index in [1.54, 1.807) is 31.3 Å². The fourth-order valence-corrected chi connectivity index (χ4v) is 3.95. The van der Waals surface area contributed by atoms with Crippen LogP contribution >= 0.6 is 15.9 Å². The molecule has 1 atom stereocenters. The summed E-state index contributed by atoms with van der Waals surface area (Å²) in [6.45, 7) is 6.12. The van der Waals surface area contributed by atoms with Crippen LogP contribution < -0.4 is 10.1 Å². The predicted octanol–water partition coefficient (Wildman–Crippen LogP) is 5.59. The lowest BCUT2D eigenvalue weighted by Crippen LogP contribution is -2.43. The van der Waals surface area contributed by atoms with Gasteiger partial charge < -0.3 is 14.9 Å². The molecule has 0 amide bonds. The molecule has 160 valence electrons. The lowest BCUT2D eigenvalue weighted by Gasteiger charge is -2.25. The van der Waals surface area contributed by atoms with Gasteiger partial charge in [0.1, 0.15) is 6.61 Å². The molecule has 3 aromatic rings. The Morgan fingerprint density at radius 1 is 1.13 bits per heavy atom. The Balaban J connectivity index is 1.59. The maximum Gasteiger partial charge on any atom is 0.177 e. The molecule has 5 nitrogen and oxygen atoms in total. The molecule has 2 aromatic carbocycles. The molecule has 0 fully saturated rings. The Morgan fingerprint density at radius 2 is 1.97 bits per heavy atom. The summed E-state index contributed by atoms with van der Waals surface area (Å²) >= 11 is 3.51. The maximum absolute atomic E-state index is 14.5. The van der Waals surface area contributed by atoms with Crippen LogP contribution in [0.25, 0.3) is 0 Å². The predicted molar refractivity (Wildman–Crippen MR) is 122 cm³/mol. The van der Waals surface area contributed by atoms with Crippen molar-refractivity contribution in [2.24, 2.45) is 5.16 Å². The number of hydrogen-bond acceptors (Lipinski definition) is 5. The van der Waals surface area contributed by atoms with Gasteiger partial charge in [0.05, 0.1) is 17.8 Å². The number of halogens is 2.